The Balaban J connectivity index is 1.93. The zero-order valence-corrected chi connectivity index (χ0v) is 11.6. The van der Waals surface area contributed by atoms with Gasteiger partial charge in [-0.2, -0.15) is 0 Å². The highest BCUT2D eigenvalue weighted by Crippen LogP contribution is 2.35. The summed E-state index contributed by atoms with van der Waals surface area (Å²) in [5.74, 6) is 2.76. The Morgan fingerprint density at radius 1 is 1.06 bits per heavy atom. The van der Waals surface area contributed by atoms with Crippen molar-refractivity contribution in [3.05, 3.63) is 29.1 Å². The molecular weight excluding hydrogens is 220 g/mol. The zero-order chi connectivity index (χ0) is 12.7. The fourth-order valence-electron chi connectivity index (χ4n) is 3.02. The first kappa shape index (κ1) is 11.8. The molecule has 1 aromatic heterocycles. The van der Waals surface area contributed by atoms with Crippen LogP contribution in [0.5, 0.6) is 0 Å². The number of nitrogens with one attached hydrogen (secondary N) is 1. The van der Waals surface area contributed by atoms with Crippen LogP contribution in [0.25, 0.3) is 11.0 Å². The molecule has 0 bridgehead atoms. The van der Waals surface area contributed by atoms with Crippen LogP contribution in [0.3, 0.4) is 0 Å². The molecule has 96 valence electrons. The van der Waals surface area contributed by atoms with E-state index in [9.17, 15) is 0 Å². The highest BCUT2D eigenvalue weighted by atomic mass is 14.9. The van der Waals surface area contributed by atoms with Gasteiger partial charge in [0.2, 0.25) is 0 Å². The van der Waals surface area contributed by atoms with Crippen molar-refractivity contribution in [3.63, 3.8) is 0 Å². The summed E-state index contributed by atoms with van der Waals surface area (Å²) in [6.45, 7) is 6.69. The molecule has 0 saturated heterocycles. The van der Waals surface area contributed by atoms with Crippen molar-refractivity contribution in [2.24, 2.45) is 5.92 Å². The Hall–Kier alpha value is -1.31. The molecular formula is C16H22N2. The molecule has 0 atom stereocenters. The van der Waals surface area contributed by atoms with E-state index in [0.29, 0.717) is 5.92 Å². The third kappa shape index (κ3) is 2.05. The van der Waals surface area contributed by atoms with Crippen LogP contribution in [0.4, 0.5) is 0 Å². The second-order valence-electron chi connectivity index (χ2n) is 6.03. The molecule has 0 spiro atoms. The Kier molecular flexibility index (Phi) is 2.89. The van der Waals surface area contributed by atoms with E-state index in [1.807, 2.05) is 0 Å². The molecule has 0 amide bonds. The minimum absolute atomic E-state index is 0.647. The topological polar surface area (TPSA) is 28.7 Å². The summed E-state index contributed by atoms with van der Waals surface area (Å²) in [5, 5.41) is 0. The van der Waals surface area contributed by atoms with Gasteiger partial charge < -0.3 is 4.98 Å². The van der Waals surface area contributed by atoms with Gasteiger partial charge in [0, 0.05) is 5.92 Å². The number of benzene rings is 1. The minimum Gasteiger partial charge on any atom is -0.342 e. The second-order valence-corrected chi connectivity index (χ2v) is 6.03. The van der Waals surface area contributed by atoms with Gasteiger partial charge in [0.15, 0.2) is 0 Å². The summed E-state index contributed by atoms with van der Waals surface area (Å²) in [6.07, 6.45) is 5.28. The van der Waals surface area contributed by atoms with Gasteiger partial charge in [0.1, 0.15) is 5.82 Å². The lowest BCUT2D eigenvalue weighted by molar-refractivity contribution is 0.341. The number of aromatic amines is 1. The largest absolute Gasteiger partial charge is 0.342 e. The molecule has 1 aliphatic rings. The lowest BCUT2D eigenvalue weighted by Crippen LogP contribution is -2.11. The fraction of sp³-hybridized carbons (Fsp3) is 0.562. The Morgan fingerprint density at radius 3 is 2.44 bits per heavy atom. The number of aromatic nitrogens is 2. The van der Waals surface area contributed by atoms with E-state index < -0.39 is 0 Å². The normalized spacial score (nSPS) is 24.6. The predicted molar refractivity (Wildman–Crippen MR) is 75.9 cm³/mol. The molecule has 1 heterocycles. The zero-order valence-electron chi connectivity index (χ0n) is 11.6. The molecule has 18 heavy (non-hydrogen) atoms. The van der Waals surface area contributed by atoms with Gasteiger partial charge in [-0.25, -0.2) is 4.98 Å². The maximum atomic E-state index is 4.81. The first-order valence-corrected chi connectivity index (χ1v) is 7.10. The summed E-state index contributed by atoms with van der Waals surface area (Å²) in [5.41, 5.74) is 5.01. The number of hydrogen-bond donors (Lipinski definition) is 1. The predicted octanol–water partition coefficient (Wildman–Crippen LogP) is 4.47. The summed E-state index contributed by atoms with van der Waals surface area (Å²) >= 11 is 0. The van der Waals surface area contributed by atoms with Crippen molar-refractivity contribution in [1.29, 1.82) is 0 Å². The van der Waals surface area contributed by atoms with Crippen LogP contribution in [-0.2, 0) is 0 Å². The van der Waals surface area contributed by atoms with E-state index in [2.05, 4.69) is 37.9 Å². The average molecular weight is 242 g/mol. The summed E-state index contributed by atoms with van der Waals surface area (Å²) in [4.78, 5) is 8.34. The number of fused-ring (bicyclic) bond motifs is 1. The minimum atomic E-state index is 0.647. The third-order valence-electron chi connectivity index (χ3n) is 4.52. The van der Waals surface area contributed by atoms with E-state index >= 15 is 0 Å². The lowest BCUT2D eigenvalue weighted by atomic mass is 9.83. The third-order valence-corrected chi connectivity index (χ3v) is 4.52. The molecule has 1 aromatic carbocycles. The highest BCUT2D eigenvalue weighted by Gasteiger charge is 2.22. The molecule has 1 fully saturated rings. The van der Waals surface area contributed by atoms with Crippen molar-refractivity contribution in [2.75, 3.05) is 0 Å². The van der Waals surface area contributed by atoms with Crippen LogP contribution in [0.15, 0.2) is 12.1 Å². The quantitative estimate of drug-likeness (QED) is 0.785. The summed E-state index contributed by atoms with van der Waals surface area (Å²) < 4.78 is 0. The Labute approximate surface area is 109 Å². The van der Waals surface area contributed by atoms with E-state index in [1.54, 1.807) is 0 Å². The number of rotatable bonds is 1. The van der Waals surface area contributed by atoms with Gasteiger partial charge in [0.25, 0.3) is 0 Å². The molecule has 0 radical (unpaired) electrons. The van der Waals surface area contributed by atoms with Crippen LogP contribution >= 0.6 is 0 Å². The molecule has 0 unspecified atom stereocenters. The second kappa shape index (κ2) is 4.42. The van der Waals surface area contributed by atoms with Crippen LogP contribution < -0.4 is 0 Å². The molecule has 0 aliphatic heterocycles. The highest BCUT2D eigenvalue weighted by molar-refractivity contribution is 5.77. The van der Waals surface area contributed by atoms with Gasteiger partial charge in [-0.15, -0.1) is 0 Å². The van der Waals surface area contributed by atoms with E-state index in [-0.39, 0.29) is 0 Å². The first-order valence-electron chi connectivity index (χ1n) is 7.10. The van der Waals surface area contributed by atoms with Crippen molar-refractivity contribution >= 4 is 11.0 Å². The van der Waals surface area contributed by atoms with Crippen LogP contribution in [-0.4, -0.2) is 9.97 Å². The molecule has 2 aromatic rings. The fourth-order valence-corrected chi connectivity index (χ4v) is 3.02. The van der Waals surface area contributed by atoms with Crippen LogP contribution in [0.1, 0.15) is 55.5 Å². The average Bonchev–Trinajstić information content (AvgIpc) is 2.73. The van der Waals surface area contributed by atoms with Gasteiger partial charge >= 0.3 is 0 Å². The molecule has 1 aliphatic carbocycles. The first-order chi connectivity index (χ1) is 8.63. The lowest BCUT2D eigenvalue weighted by Gasteiger charge is -2.24. The Bertz CT molecular complexity index is 521. The number of nitrogens with zero attached hydrogens (tertiary/aromatic N) is 1. The number of aryl methyl sites for hydroxylation is 2. The van der Waals surface area contributed by atoms with Gasteiger partial charge in [-0.1, -0.05) is 19.8 Å². The molecule has 2 nitrogen and oxygen atoms in total. The van der Waals surface area contributed by atoms with E-state index in [1.165, 1.54) is 48.2 Å². The van der Waals surface area contributed by atoms with Gasteiger partial charge in [0.05, 0.1) is 11.0 Å². The maximum absolute atomic E-state index is 4.81. The van der Waals surface area contributed by atoms with Gasteiger partial charge in [-0.05, 0) is 55.9 Å². The van der Waals surface area contributed by atoms with Crippen molar-refractivity contribution in [3.8, 4) is 0 Å². The van der Waals surface area contributed by atoms with Crippen LogP contribution in [0.2, 0.25) is 0 Å². The number of imidazole rings is 1. The summed E-state index contributed by atoms with van der Waals surface area (Å²) in [7, 11) is 0. The van der Waals surface area contributed by atoms with Crippen molar-refractivity contribution < 1.29 is 0 Å². The standard InChI is InChI=1S/C16H22N2/c1-10-4-6-13(7-5-10)16-17-14-8-11(2)12(3)9-15(14)18-16/h8-10,13H,4-7H2,1-3H3,(H,17,18). The smallest absolute Gasteiger partial charge is 0.110 e. The molecule has 1 saturated carbocycles. The molecule has 1 N–H and O–H groups in total. The number of hydrogen-bond acceptors (Lipinski definition) is 1. The SMILES string of the molecule is Cc1cc2nc(C3CCC(C)CC3)[nH]c2cc1C. The maximum Gasteiger partial charge on any atom is 0.110 e. The van der Waals surface area contributed by atoms with Crippen LogP contribution in [0, 0.1) is 19.8 Å². The van der Waals surface area contributed by atoms with E-state index in [4.69, 9.17) is 4.98 Å². The van der Waals surface area contributed by atoms with Gasteiger partial charge in [-0.3, -0.25) is 0 Å². The van der Waals surface area contributed by atoms with E-state index in [0.717, 1.165) is 11.4 Å². The van der Waals surface area contributed by atoms with Crippen molar-refractivity contribution in [1.82, 2.24) is 9.97 Å². The monoisotopic (exact) mass is 242 g/mol. The summed E-state index contributed by atoms with van der Waals surface area (Å²) in [6, 6.07) is 4.43. The Morgan fingerprint density at radius 2 is 1.72 bits per heavy atom. The molecule has 2 heteroatoms. The van der Waals surface area contributed by atoms with Crippen molar-refractivity contribution in [2.45, 2.75) is 52.4 Å². The number of H-pyrrole nitrogens is 1. The molecule has 3 rings (SSSR count).